The predicted molar refractivity (Wildman–Crippen MR) is 72.1 cm³/mol. The fourth-order valence-electron chi connectivity index (χ4n) is 2.25. The number of hydrogen-bond acceptors (Lipinski definition) is 5. The summed E-state index contributed by atoms with van der Waals surface area (Å²) >= 11 is 0. The lowest BCUT2D eigenvalue weighted by molar-refractivity contribution is 0.400. The second kappa shape index (κ2) is 6.97. The van der Waals surface area contributed by atoms with Crippen LogP contribution in [0.4, 0.5) is 0 Å². The average molecular weight is 287 g/mol. The fraction of sp³-hybridized carbons (Fsp3) is 0.818. The van der Waals surface area contributed by atoms with Crippen LogP contribution in [0.15, 0.2) is 6.33 Å². The van der Waals surface area contributed by atoms with E-state index in [2.05, 4.69) is 25.2 Å². The van der Waals surface area contributed by atoms with Crippen LogP contribution in [0.25, 0.3) is 0 Å². The molecule has 1 saturated heterocycles. The number of nitrogens with zero attached hydrogens (tertiary/aromatic N) is 2. The van der Waals surface area contributed by atoms with Crippen molar-refractivity contribution in [2.75, 3.05) is 25.4 Å². The number of aromatic amines is 1. The second-order valence-electron chi connectivity index (χ2n) is 4.90. The number of H-pyrrole nitrogens is 1. The monoisotopic (exact) mass is 287 g/mol. The molecule has 1 fully saturated rings. The van der Waals surface area contributed by atoms with E-state index in [-0.39, 0.29) is 11.7 Å². The summed E-state index contributed by atoms with van der Waals surface area (Å²) in [5.74, 6) is 1.32. The van der Waals surface area contributed by atoms with E-state index in [0.29, 0.717) is 13.0 Å². The molecule has 108 valence electrons. The molecule has 2 heterocycles. The third-order valence-corrected chi connectivity index (χ3v) is 4.85. The molecule has 1 aliphatic rings. The molecule has 0 unspecified atom stereocenters. The molecule has 3 N–H and O–H groups in total. The molecule has 0 amide bonds. The molecule has 0 atom stereocenters. The summed E-state index contributed by atoms with van der Waals surface area (Å²) in [5.41, 5.74) is 0. The van der Waals surface area contributed by atoms with Crippen molar-refractivity contribution in [2.45, 2.75) is 25.7 Å². The van der Waals surface area contributed by atoms with Crippen LogP contribution in [0, 0.1) is 5.92 Å². The minimum atomic E-state index is -3.15. The average Bonchev–Trinajstić information content (AvgIpc) is 2.88. The zero-order valence-corrected chi connectivity index (χ0v) is 11.7. The van der Waals surface area contributed by atoms with Gasteiger partial charge in [0.15, 0.2) is 0 Å². The first-order valence-corrected chi connectivity index (χ1v) is 8.33. The van der Waals surface area contributed by atoms with Crippen LogP contribution in [0.3, 0.4) is 0 Å². The highest BCUT2D eigenvalue weighted by molar-refractivity contribution is 7.89. The molecule has 2 rings (SSSR count). The summed E-state index contributed by atoms with van der Waals surface area (Å²) in [7, 11) is -3.15. The van der Waals surface area contributed by atoms with Crippen molar-refractivity contribution in [2.24, 2.45) is 5.92 Å². The van der Waals surface area contributed by atoms with E-state index < -0.39 is 10.0 Å². The highest BCUT2D eigenvalue weighted by Gasteiger charge is 2.20. The van der Waals surface area contributed by atoms with Crippen molar-refractivity contribution in [1.29, 1.82) is 0 Å². The molecular weight excluding hydrogens is 266 g/mol. The molecule has 0 bridgehead atoms. The van der Waals surface area contributed by atoms with Crippen molar-refractivity contribution in [3.8, 4) is 0 Å². The maximum atomic E-state index is 11.9. The van der Waals surface area contributed by atoms with Gasteiger partial charge >= 0.3 is 0 Å². The quantitative estimate of drug-likeness (QED) is 0.596. The molecule has 1 aliphatic heterocycles. The number of rotatable bonds is 7. The van der Waals surface area contributed by atoms with E-state index in [4.69, 9.17) is 0 Å². The van der Waals surface area contributed by atoms with E-state index >= 15 is 0 Å². The fourth-order valence-corrected chi connectivity index (χ4v) is 3.78. The molecule has 0 spiro atoms. The molecule has 0 aliphatic carbocycles. The van der Waals surface area contributed by atoms with Crippen molar-refractivity contribution in [3.63, 3.8) is 0 Å². The van der Waals surface area contributed by atoms with Crippen molar-refractivity contribution >= 4 is 10.0 Å². The van der Waals surface area contributed by atoms with Gasteiger partial charge in [-0.2, -0.15) is 5.10 Å². The Morgan fingerprint density at radius 2 is 2.16 bits per heavy atom. The lowest BCUT2D eigenvalue weighted by Crippen LogP contribution is -2.36. The second-order valence-corrected chi connectivity index (χ2v) is 6.76. The largest absolute Gasteiger partial charge is 0.317 e. The van der Waals surface area contributed by atoms with Gasteiger partial charge in [-0.3, -0.25) is 5.10 Å². The number of piperidine rings is 1. The maximum Gasteiger partial charge on any atom is 0.211 e. The van der Waals surface area contributed by atoms with Crippen LogP contribution in [-0.2, 0) is 16.4 Å². The first kappa shape index (κ1) is 14.4. The Morgan fingerprint density at radius 3 is 2.84 bits per heavy atom. The molecular formula is C11H21N5O2S. The Kier molecular flexibility index (Phi) is 5.29. The zero-order chi connectivity index (χ0) is 13.6. The number of sulfonamides is 1. The molecule has 1 aromatic heterocycles. The SMILES string of the molecule is O=S(=O)(CC1CCNCC1)NCCCc1ncn[nH]1. The highest BCUT2D eigenvalue weighted by Crippen LogP contribution is 2.13. The Morgan fingerprint density at radius 1 is 1.37 bits per heavy atom. The summed E-state index contributed by atoms with van der Waals surface area (Å²) in [6.07, 6.45) is 4.77. The van der Waals surface area contributed by atoms with Gasteiger partial charge in [-0.15, -0.1) is 0 Å². The van der Waals surface area contributed by atoms with Gasteiger partial charge < -0.3 is 5.32 Å². The minimum absolute atomic E-state index is 0.247. The lowest BCUT2D eigenvalue weighted by atomic mass is 10.0. The van der Waals surface area contributed by atoms with E-state index in [9.17, 15) is 8.42 Å². The van der Waals surface area contributed by atoms with Gasteiger partial charge in [-0.1, -0.05) is 0 Å². The van der Waals surface area contributed by atoms with Gasteiger partial charge in [0.25, 0.3) is 0 Å². The summed E-state index contributed by atoms with van der Waals surface area (Å²) < 4.78 is 26.4. The first-order valence-electron chi connectivity index (χ1n) is 6.68. The van der Waals surface area contributed by atoms with Crippen LogP contribution in [0.2, 0.25) is 0 Å². The summed E-state index contributed by atoms with van der Waals surface area (Å²) in [6.45, 7) is 2.30. The van der Waals surface area contributed by atoms with E-state index in [1.807, 2.05) is 0 Å². The van der Waals surface area contributed by atoms with Gasteiger partial charge in [0.1, 0.15) is 12.2 Å². The molecule has 7 nitrogen and oxygen atoms in total. The minimum Gasteiger partial charge on any atom is -0.317 e. The number of aryl methyl sites for hydroxylation is 1. The molecule has 0 saturated carbocycles. The Bertz CT molecular complexity index is 453. The Labute approximate surface area is 113 Å². The standard InChI is InChI=1S/C11H21N5O2S/c17-19(18,8-10-3-6-12-7-4-10)15-5-1-2-11-13-9-14-16-11/h9-10,12,15H,1-8H2,(H,13,14,16). The topological polar surface area (TPSA) is 99.8 Å². The first-order chi connectivity index (χ1) is 9.16. The zero-order valence-electron chi connectivity index (χ0n) is 10.9. The third kappa shape index (κ3) is 5.25. The van der Waals surface area contributed by atoms with E-state index in [0.717, 1.165) is 38.2 Å². The van der Waals surface area contributed by atoms with Crippen LogP contribution in [0.1, 0.15) is 25.1 Å². The van der Waals surface area contributed by atoms with Crippen molar-refractivity contribution in [3.05, 3.63) is 12.2 Å². The Hall–Kier alpha value is -0.990. The van der Waals surface area contributed by atoms with E-state index in [1.165, 1.54) is 6.33 Å². The Balaban J connectivity index is 1.65. The smallest absolute Gasteiger partial charge is 0.211 e. The highest BCUT2D eigenvalue weighted by atomic mass is 32.2. The summed E-state index contributed by atoms with van der Waals surface area (Å²) in [5, 5.41) is 9.74. The van der Waals surface area contributed by atoms with Crippen LogP contribution in [-0.4, -0.2) is 49.0 Å². The maximum absolute atomic E-state index is 11.9. The molecule has 0 aromatic carbocycles. The van der Waals surface area contributed by atoms with Crippen LogP contribution in [0.5, 0.6) is 0 Å². The number of aromatic nitrogens is 3. The van der Waals surface area contributed by atoms with Gasteiger partial charge in [-0.05, 0) is 38.3 Å². The summed E-state index contributed by atoms with van der Waals surface area (Å²) in [6, 6.07) is 0. The molecule has 8 heteroatoms. The molecule has 1 aromatic rings. The lowest BCUT2D eigenvalue weighted by Gasteiger charge is -2.22. The molecule has 0 radical (unpaired) electrons. The van der Waals surface area contributed by atoms with Gasteiger partial charge in [0.2, 0.25) is 10.0 Å². The third-order valence-electron chi connectivity index (χ3n) is 3.29. The van der Waals surface area contributed by atoms with Crippen molar-refractivity contribution < 1.29 is 8.42 Å². The van der Waals surface area contributed by atoms with Crippen LogP contribution >= 0.6 is 0 Å². The predicted octanol–water partition coefficient (Wildman–Crippen LogP) is -0.344. The molecule has 19 heavy (non-hydrogen) atoms. The van der Waals surface area contributed by atoms with Gasteiger partial charge in [0.05, 0.1) is 5.75 Å². The van der Waals surface area contributed by atoms with E-state index in [1.54, 1.807) is 0 Å². The number of hydrogen-bond donors (Lipinski definition) is 3. The normalized spacial score (nSPS) is 17.7. The van der Waals surface area contributed by atoms with Gasteiger partial charge in [-0.25, -0.2) is 18.1 Å². The van der Waals surface area contributed by atoms with Crippen molar-refractivity contribution in [1.82, 2.24) is 25.2 Å². The summed E-state index contributed by atoms with van der Waals surface area (Å²) in [4.78, 5) is 3.99. The van der Waals surface area contributed by atoms with Crippen LogP contribution < -0.4 is 10.0 Å². The van der Waals surface area contributed by atoms with Gasteiger partial charge in [0, 0.05) is 13.0 Å². The number of nitrogens with one attached hydrogen (secondary N) is 3.